The molecule has 116 valence electrons. The predicted molar refractivity (Wildman–Crippen MR) is 77.6 cm³/mol. The molecule has 0 bridgehead atoms. The van der Waals surface area contributed by atoms with Crippen LogP contribution in [0.3, 0.4) is 0 Å². The van der Waals surface area contributed by atoms with Crippen molar-refractivity contribution in [3.8, 4) is 0 Å². The van der Waals surface area contributed by atoms with Crippen LogP contribution in [0.5, 0.6) is 0 Å². The van der Waals surface area contributed by atoms with E-state index in [1.165, 1.54) is 0 Å². The minimum atomic E-state index is -0.859. The van der Waals surface area contributed by atoms with Gasteiger partial charge in [-0.2, -0.15) is 0 Å². The van der Waals surface area contributed by atoms with Crippen molar-refractivity contribution in [3.63, 3.8) is 0 Å². The van der Waals surface area contributed by atoms with E-state index >= 15 is 0 Å². The molecule has 6 heteroatoms. The highest BCUT2D eigenvalue weighted by atomic mass is 16.4. The first-order valence-corrected chi connectivity index (χ1v) is 7.25. The van der Waals surface area contributed by atoms with E-state index in [4.69, 9.17) is 5.11 Å². The molecule has 0 saturated carbocycles. The first-order valence-electron chi connectivity index (χ1n) is 7.25. The van der Waals surface area contributed by atoms with Gasteiger partial charge in [0.15, 0.2) is 0 Å². The Labute approximate surface area is 121 Å². The van der Waals surface area contributed by atoms with E-state index in [-0.39, 0.29) is 24.5 Å². The molecule has 1 aliphatic heterocycles. The molecule has 1 heterocycles. The molecular weight excluding hydrogens is 258 g/mol. The maximum atomic E-state index is 12.1. The van der Waals surface area contributed by atoms with E-state index in [9.17, 15) is 9.59 Å². The van der Waals surface area contributed by atoms with Gasteiger partial charge in [-0.15, -0.1) is 0 Å². The predicted octanol–water partition coefficient (Wildman–Crippen LogP) is 1.08. The molecule has 2 amide bonds. The number of carboxylic acids is 1. The minimum absolute atomic E-state index is 0.00133. The summed E-state index contributed by atoms with van der Waals surface area (Å²) in [7, 11) is 3.87. The summed E-state index contributed by atoms with van der Waals surface area (Å²) in [5.41, 5.74) is 0. The highest BCUT2D eigenvalue weighted by Gasteiger charge is 2.26. The number of nitrogens with one attached hydrogen (secondary N) is 1. The molecule has 1 rings (SSSR count). The Hall–Kier alpha value is -1.30. The Morgan fingerprint density at radius 3 is 2.35 bits per heavy atom. The van der Waals surface area contributed by atoms with Crippen molar-refractivity contribution in [1.82, 2.24) is 15.1 Å². The molecular formula is C14H27N3O3. The summed E-state index contributed by atoms with van der Waals surface area (Å²) < 4.78 is 0. The number of carboxylic acid groups (broad SMARTS) is 1. The van der Waals surface area contributed by atoms with Crippen LogP contribution in [0, 0.1) is 11.8 Å². The summed E-state index contributed by atoms with van der Waals surface area (Å²) in [6.07, 6.45) is 1.93. The van der Waals surface area contributed by atoms with Gasteiger partial charge in [-0.1, -0.05) is 13.8 Å². The van der Waals surface area contributed by atoms with E-state index in [1.54, 1.807) is 11.9 Å². The average Bonchev–Trinajstić information content (AvgIpc) is 2.38. The quantitative estimate of drug-likeness (QED) is 0.793. The van der Waals surface area contributed by atoms with Crippen LogP contribution >= 0.6 is 0 Å². The Morgan fingerprint density at radius 2 is 1.90 bits per heavy atom. The fourth-order valence-corrected chi connectivity index (χ4v) is 2.48. The monoisotopic (exact) mass is 285 g/mol. The SMILES string of the molecule is CC(C)C(CNC(=O)N(C)C1CCN(C)CC1)C(=O)O. The van der Waals surface area contributed by atoms with Gasteiger partial charge in [-0.25, -0.2) is 4.79 Å². The summed E-state index contributed by atoms with van der Waals surface area (Å²) in [4.78, 5) is 27.1. The number of amides is 2. The minimum Gasteiger partial charge on any atom is -0.481 e. The lowest BCUT2D eigenvalue weighted by molar-refractivity contribution is -0.142. The van der Waals surface area contributed by atoms with Crippen LogP contribution < -0.4 is 5.32 Å². The molecule has 20 heavy (non-hydrogen) atoms. The molecule has 0 aliphatic carbocycles. The van der Waals surface area contributed by atoms with Gasteiger partial charge >= 0.3 is 12.0 Å². The summed E-state index contributed by atoms with van der Waals surface area (Å²) in [5, 5.41) is 11.8. The zero-order valence-corrected chi connectivity index (χ0v) is 12.9. The molecule has 0 spiro atoms. The third-order valence-corrected chi connectivity index (χ3v) is 4.15. The lowest BCUT2D eigenvalue weighted by Gasteiger charge is -2.35. The van der Waals surface area contributed by atoms with E-state index < -0.39 is 11.9 Å². The molecule has 0 aromatic heterocycles. The van der Waals surface area contributed by atoms with Crippen molar-refractivity contribution in [2.24, 2.45) is 11.8 Å². The summed E-state index contributed by atoms with van der Waals surface area (Å²) in [5.74, 6) is -1.39. The molecule has 1 aliphatic rings. The van der Waals surface area contributed by atoms with Gasteiger partial charge in [0.05, 0.1) is 5.92 Å². The van der Waals surface area contributed by atoms with Gasteiger partial charge in [-0.05, 0) is 38.9 Å². The lowest BCUT2D eigenvalue weighted by Crippen LogP contribution is -2.49. The average molecular weight is 285 g/mol. The fourth-order valence-electron chi connectivity index (χ4n) is 2.48. The number of carbonyl (C=O) groups is 2. The van der Waals surface area contributed by atoms with E-state index in [0.29, 0.717) is 0 Å². The van der Waals surface area contributed by atoms with Crippen molar-refractivity contribution in [1.29, 1.82) is 0 Å². The highest BCUT2D eigenvalue weighted by Crippen LogP contribution is 2.14. The largest absolute Gasteiger partial charge is 0.481 e. The van der Waals surface area contributed by atoms with Crippen LogP contribution in [0.15, 0.2) is 0 Å². The molecule has 0 aromatic rings. The zero-order valence-electron chi connectivity index (χ0n) is 12.9. The summed E-state index contributed by atoms with van der Waals surface area (Å²) in [6.45, 7) is 5.87. The van der Waals surface area contributed by atoms with Gasteiger partial charge in [0.25, 0.3) is 0 Å². The van der Waals surface area contributed by atoms with E-state index in [2.05, 4.69) is 17.3 Å². The maximum Gasteiger partial charge on any atom is 0.317 e. The molecule has 1 unspecified atom stereocenters. The molecule has 1 atom stereocenters. The second kappa shape index (κ2) is 7.47. The highest BCUT2D eigenvalue weighted by molar-refractivity contribution is 5.76. The van der Waals surface area contributed by atoms with Gasteiger partial charge in [0.1, 0.15) is 0 Å². The van der Waals surface area contributed by atoms with E-state index in [0.717, 1.165) is 25.9 Å². The molecule has 6 nitrogen and oxygen atoms in total. The number of rotatable bonds is 5. The Morgan fingerprint density at radius 1 is 1.35 bits per heavy atom. The molecule has 1 fully saturated rings. The van der Waals surface area contributed by atoms with Gasteiger partial charge < -0.3 is 20.2 Å². The fraction of sp³-hybridized carbons (Fsp3) is 0.857. The number of hydrogen-bond acceptors (Lipinski definition) is 3. The zero-order chi connectivity index (χ0) is 15.3. The molecule has 0 radical (unpaired) electrons. The van der Waals surface area contributed by atoms with Crippen LogP contribution in [-0.4, -0.2) is 66.7 Å². The topological polar surface area (TPSA) is 72.9 Å². The normalized spacial score (nSPS) is 18.9. The first kappa shape index (κ1) is 16.8. The Kier molecular flexibility index (Phi) is 6.26. The number of urea groups is 1. The number of nitrogens with zero attached hydrogens (tertiary/aromatic N) is 2. The van der Waals surface area contributed by atoms with Crippen molar-refractivity contribution in [2.45, 2.75) is 32.7 Å². The third kappa shape index (κ3) is 4.67. The number of likely N-dealkylation sites (tertiary alicyclic amines) is 1. The third-order valence-electron chi connectivity index (χ3n) is 4.15. The molecule has 1 saturated heterocycles. The van der Waals surface area contributed by atoms with Crippen LogP contribution in [0.4, 0.5) is 4.79 Å². The number of piperidine rings is 1. The van der Waals surface area contributed by atoms with Crippen molar-refractivity contribution in [3.05, 3.63) is 0 Å². The number of hydrogen-bond donors (Lipinski definition) is 2. The second-order valence-electron chi connectivity index (χ2n) is 6.02. The Bertz CT molecular complexity index is 339. The first-order chi connectivity index (χ1) is 9.32. The molecule has 2 N–H and O–H groups in total. The van der Waals surface area contributed by atoms with Crippen LogP contribution in [0.2, 0.25) is 0 Å². The van der Waals surface area contributed by atoms with Crippen LogP contribution in [-0.2, 0) is 4.79 Å². The van der Waals surface area contributed by atoms with Crippen LogP contribution in [0.1, 0.15) is 26.7 Å². The smallest absolute Gasteiger partial charge is 0.317 e. The van der Waals surface area contributed by atoms with Crippen molar-refractivity contribution in [2.75, 3.05) is 33.7 Å². The second-order valence-corrected chi connectivity index (χ2v) is 6.02. The van der Waals surface area contributed by atoms with Crippen LogP contribution in [0.25, 0.3) is 0 Å². The maximum absolute atomic E-state index is 12.1. The van der Waals surface area contributed by atoms with Crippen molar-refractivity contribution >= 4 is 12.0 Å². The summed E-state index contributed by atoms with van der Waals surface area (Å²) in [6, 6.07) is 0.0694. The van der Waals surface area contributed by atoms with E-state index in [1.807, 2.05) is 13.8 Å². The standard InChI is InChI=1S/C14H27N3O3/c1-10(2)12(13(18)19)9-15-14(20)17(4)11-5-7-16(3)8-6-11/h10-12H,5-9H2,1-4H3,(H,15,20)(H,18,19). The van der Waals surface area contributed by atoms with Gasteiger partial charge in [0.2, 0.25) is 0 Å². The van der Waals surface area contributed by atoms with Crippen molar-refractivity contribution < 1.29 is 14.7 Å². The lowest BCUT2D eigenvalue weighted by atomic mass is 9.96. The molecule has 0 aromatic carbocycles. The number of aliphatic carboxylic acids is 1. The van der Waals surface area contributed by atoms with Gasteiger partial charge in [0, 0.05) is 19.6 Å². The van der Waals surface area contributed by atoms with Gasteiger partial charge in [-0.3, -0.25) is 4.79 Å². The summed E-state index contributed by atoms with van der Waals surface area (Å²) >= 11 is 0. The Balaban J connectivity index is 2.43. The number of carbonyl (C=O) groups excluding carboxylic acids is 1.